The van der Waals surface area contributed by atoms with Crippen molar-refractivity contribution in [1.82, 2.24) is 14.8 Å². The number of aromatic nitrogens is 3. The van der Waals surface area contributed by atoms with Gasteiger partial charge in [0.05, 0.1) is 12.0 Å². The molecule has 0 aliphatic heterocycles. The summed E-state index contributed by atoms with van der Waals surface area (Å²) in [6.45, 7) is 4.37. The van der Waals surface area contributed by atoms with Gasteiger partial charge in [-0.2, -0.15) is 5.10 Å². The van der Waals surface area contributed by atoms with Crippen LogP contribution in [0.2, 0.25) is 0 Å². The Morgan fingerprint density at radius 3 is 2.94 bits per heavy atom. The summed E-state index contributed by atoms with van der Waals surface area (Å²) in [5, 5.41) is 3.98. The molecule has 18 heavy (non-hydrogen) atoms. The molecule has 5 heteroatoms. The minimum Gasteiger partial charge on any atom is -0.294 e. The number of Topliss-reactive ketones (excluding diaryl/α,β-unsaturated/α-hetero) is 1. The van der Waals surface area contributed by atoms with Gasteiger partial charge in [-0.05, 0) is 26.0 Å². The van der Waals surface area contributed by atoms with Crippen molar-refractivity contribution >= 4 is 5.78 Å². The third-order valence-corrected chi connectivity index (χ3v) is 2.74. The van der Waals surface area contributed by atoms with Crippen LogP contribution in [0.15, 0.2) is 24.5 Å². The maximum Gasteiger partial charge on any atom is 0.173 e. The summed E-state index contributed by atoms with van der Waals surface area (Å²) >= 11 is 0. The van der Waals surface area contributed by atoms with Crippen LogP contribution in [0.25, 0.3) is 0 Å². The SMILES string of the molecule is CCn1ncnc1CC(=O)c1cc(C)ccc1F. The van der Waals surface area contributed by atoms with Crippen LogP contribution in [0, 0.1) is 12.7 Å². The van der Waals surface area contributed by atoms with Gasteiger partial charge >= 0.3 is 0 Å². The van der Waals surface area contributed by atoms with Gasteiger partial charge in [0.1, 0.15) is 18.0 Å². The van der Waals surface area contributed by atoms with E-state index in [2.05, 4.69) is 10.1 Å². The minimum atomic E-state index is -0.492. The van der Waals surface area contributed by atoms with Gasteiger partial charge < -0.3 is 0 Å². The molecule has 0 fully saturated rings. The smallest absolute Gasteiger partial charge is 0.173 e. The molecular formula is C13H14FN3O. The molecule has 0 aliphatic carbocycles. The highest BCUT2D eigenvalue weighted by Gasteiger charge is 2.15. The van der Waals surface area contributed by atoms with Gasteiger partial charge in [0.25, 0.3) is 0 Å². The number of aryl methyl sites for hydroxylation is 2. The van der Waals surface area contributed by atoms with E-state index < -0.39 is 5.82 Å². The first-order valence-corrected chi connectivity index (χ1v) is 5.78. The van der Waals surface area contributed by atoms with E-state index in [9.17, 15) is 9.18 Å². The number of rotatable bonds is 4. The lowest BCUT2D eigenvalue weighted by atomic mass is 10.0. The Balaban J connectivity index is 2.25. The maximum atomic E-state index is 13.6. The van der Waals surface area contributed by atoms with Gasteiger partial charge in [-0.15, -0.1) is 0 Å². The Morgan fingerprint density at radius 2 is 2.22 bits per heavy atom. The zero-order valence-corrected chi connectivity index (χ0v) is 10.4. The Morgan fingerprint density at radius 1 is 1.44 bits per heavy atom. The van der Waals surface area contributed by atoms with Gasteiger partial charge in [-0.3, -0.25) is 4.79 Å². The Labute approximate surface area is 104 Å². The predicted octanol–water partition coefficient (Wildman–Crippen LogP) is 2.17. The predicted molar refractivity (Wildman–Crippen MR) is 64.9 cm³/mol. The second kappa shape index (κ2) is 5.08. The molecule has 0 saturated heterocycles. The van der Waals surface area contributed by atoms with Crippen LogP contribution in [-0.2, 0) is 13.0 Å². The van der Waals surface area contributed by atoms with Crippen molar-refractivity contribution in [2.24, 2.45) is 0 Å². The number of carbonyl (C=O) groups is 1. The lowest BCUT2D eigenvalue weighted by Crippen LogP contribution is -2.12. The first-order valence-electron chi connectivity index (χ1n) is 5.78. The molecule has 0 bridgehead atoms. The van der Waals surface area contributed by atoms with E-state index in [0.717, 1.165) is 5.56 Å². The van der Waals surface area contributed by atoms with Crippen LogP contribution < -0.4 is 0 Å². The number of hydrogen-bond acceptors (Lipinski definition) is 3. The van der Waals surface area contributed by atoms with Crippen LogP contribution in [-0.4, -0.2) is 20.5 Å². The molecule has 0 amide bonds. The lowest BCUT2D eigenvalue weighted by molar-refractivity contribution is 0.0985. The Hall–Kier alpha value is -2.04. The minimum absolute atomic E-state index is 0.0637. The van der Waals surface area contributed by atoms with E-state index in [0.29, 0.717) is 12.4 Å². The average molecular weight is 247 g/mol. The summed E-state index contributed by atoms with van der Waals surface area (Å²) in [5.74, 6) is -0.213. The van der Waals surface area contributed by atoms with Crippen LogP contribution in [0.4, 0.5) is 4.39 Å². The molecule has 0 unspecified atom stereocenters. The Bertz CT molecular complexity index is 577. The van der Waals surface area contributed by atoms with Crippen molar-refractivity contribution in [2.75, 3.05) is 0 Å². The molecule has 2 aromatic rings. The van der Waals surface area contributed by atoms with Gasteiger partial charge in [0, 0.05) is 6.54 Å². The van der Waals surface area contributed by atoms with Gasteiger partial charge in [0.15, 0.2) is 5.78 Å². The number of halogens is 1. The van der Waals surface area contributed by atoms with E-state index >= 15 is 0 Å². The van der Waals surface area contributed by atoms with Crippen LogP contribution in [0.3, 0.4) is 0 Å². The number of benzene rings is 1. The summed E-state index contributed by atoms with van der Waals surface area (Å²) in [6.07, 6.45) is 1.47. The number of carbonyl (C=O) groups excluding carboxylic acids is 1. The monoisotopic (exact) mass is 247 g/mol. The molecule has 0 N–H and O–H groups in total. The number of ketones is 1. The molecule has 1 aromatic carbocycles. The highest BCUT2D eigenvalue weighted by Crippen LogP contribution is 2.12. The summed E-state index contributed by atoms with van der Waals surface area (Å²) < 4.78 is 15.2. The average Bonchev–Trinajstić information content (AvgIpc) is 2.79. The Kier molecular flexibility index (Phi) is 3.50. The molecule has 0 saturated carbocycles. The summed E-state index contributed by atoms with van der Waals surface area (Å²) in [4.78, 5) is 16.0. The molecule has 4 nitrogen and oxygen atoms in total. The number of hydrogen-bond donors (Lipinski definition) is 0. The first kappa shape index (κ1) is 12.4. The molecule has 94 valence electrons. The summed E-state index contributed by atoms with van der Waals surface area (Å²) in [6, 6.07) is 4.51. The highest BCUT2D eigenvalue weighted by molar-refractivity contribution is 5.97. The zero-order chi connectivity index (χ0) is 13.1. The van der Waals surface area contributed by atoms with Crippen LogP contribution in [0.5, 0.6) is 0 Å². The molecular weight excluding hydrogens is 233 g/mol. The second-order valence-corrected chi connectivity index (χ2v) is 4.08. The third kappa shape index (κ3) is 2.45. The van der Waals surface area contributed by atoms with Gasteiger partial charge in [0.2, 0.25) is 0 Å². The molecule has 0 spiro atoms. The van der Waals surface area contributed by atoms with E-state index in [1.165, 1.54) is 12.4 Å². The standard InChI is InChI=1S/C13H14FN3O/c1-3-17-13(15-8-16-17)7-12(18)10-6-9(2)4-5-11(10)14/h4-6,8H,3,7H2,1-2H3. The van der Waals surface area contributed by atoms with Gasteiger partial charge in [-0.1, -0.05) is 11.6 Å². The molecule has 0 aliphatic rings. The molecule has 0 radical (unpaired) electrons. The maximum absolute atomic E-state index is 13.6. The fraction of sp³-hybridized carbons (Fsp3) is 0.308. The molecule has 1 heterocycles. The van der Waals surface area contributed by atoms with E-state index in [1.54, 1.807) is 16.8 Å². The molecule has 2 rings (SSSR count). The van der Waals surface area contributed by atoms with Crippen molar-refractivity contribution in [3.05, 3.63) is 47.3 Å². The van der Waals surface area contributed by atoms with Crippen molar-refractivity contribution in [3.63, 3.8) is 0 Å². The van der Waals surface area contributed by atoms with Crippen LogP contribution in [0.1, 0.15) is 28.7 Å². The van der Waals surface area contributed by atoms with E-state index in [-0.39, 0.29) is 17.8 Å². The second-order valence-electron chi connectivity index (χ2n) is 4.08. The molecule has 1 aromatic heterocycles. The van der Waals surface area contributed by atoms with E-state index in [1.807, 2.05) is 13.8 Å². The zero-order valence-electron chi connectivity index (χ0n) is 10.4. The quantitative estimate of drug-likeness (QED) is 0.778. The van der Waals surface area contributed by atoms with E-state index in [4.69, 9.17) is 0 Å². The topological polar surface area (TPSA) is 47.8 Å². The van der Waals surface area contributed by atoms with Crippen molar-refractivity contribution in [1.29, 1.82) is 0 Å². The number of nitrogens with zero attached hydrogens (tertiary/aromatic N) is 3. The third-order valence-electron chi connectivity index (χ3n) is 2.74. The summed E-state index contributed by atoms with van der Waals surface area (Å²) in [5.41, 5.74) is 0.970. The largest absolute Gasteiger partial charge is 0.294 e. The normalized spacial score (nSPS) is 10.6. The van der Waals surface area contributed by atoms with Crippen LogP contribution >= 0.6 is 0 Å². The highest BCUT2D eigenvalue weighted by atomic mass is 19.1. The van der Waals surface area contributed by atoms with Crippen molar-refractivity contribution in [3.8, 4) is 0 Å². The lowest BCUT2D eigenvalue weighted by Gasteiger charge is -2.04. The molecule has 0 atom stereocenters. The fourth-order valence-electron chi connectivity index (χ4n) is 1.78. The fourth-order valence-corrected chi connectivity index (χ4v) is 1.78. The summed E-state index contributed by atoms with van der Waals surface area (Å²) in [7, 11) is 0. The van der Waals surface area contributed by atoms with Crippen molar-refractivity contribution in [2.45, 2.75) is 26.8 Å². The van der Waals surface area contributed by atoms with Gasteiger partial charge in [-0.25, -0.2) is 14.1 Å². The van der Waals surface area contributed by atoms with Crippen molar-refractivity contribution < 1.29 is 9.18 Å². The first-order chi connectivity index (χ1) is 8.61.